The van der Waals surface area contributed by atoms with E-state index in [4.69, 9.17) is 9.47 Å². The molecule has 0 aromatic heterocycles. The summed E-state index contributed by atoms with van der Waals surface area (Å²) in [5, 5.41) is 2.55. The number of para-hydroxylation sites is 1. The quantitative estimate of drug-likeness (QED) is 0.623. The van der Waals surface area contributed by atoms with Crippen LogP contribution in [0.25, 0.3) is 0 Å². The first-order chi connectivity index (χ1) is 14.4. The third kappa shape index (κ3) is 4.40. The summed E-state index contributed by atoms with van der Waals surface area (Å²) in [5.74, 6) is 1.26. The van der Waals surface area contributed by atoms with Crippen molar-refractivity contribution in [1.29, 1.82) is 0 Å². The van der Waals surface area contributed by atoms with Gasteiger partial charge in [0, 0.05) is 12.0 Å². The van der Waals surface area contributed by atoms with Gasteiger partial charge in [-0.3, -0.25) is 4.79 Å². The second kappa shape index (κ2) is 8.10. The van der Waals surface area contributed by atoms with E-state index in [2.05, 4.69) is 5.32 Å². The molecule has 1 aliphatic rings. The average molecular weight is 413 g/mol. The summed E-state index contributed by atoms with van der Waals surface area (Å²) >= 11 is 0. The maximum absolute atomic E-state index is 13.1. The van der Waals surface area contributed by atoms with Crippen LogP contribution in [-0.4, -0.2) is 18.6 Å². The lowest BCUT2D eigenvalue weighted by Gasteiger charge is -2.15. The molecular weight excluding hydrogens is 395 g/mol. The van der Waals surface area contributed by atoms with E-state index < -0.39 is 23.2 Å². The third-order valence-corrected chi connectivity index (χ3v) is 4.72. The maximum atomic E-state index is 13.1. The highest BCUT2D eigenvalue weighted by atomic mass is 19.4. The number of halogens is 3. The van der Waals surface area contributed by atoms with Crippen LogP contribution < -0.4 is 14.8 Å². The molecule has 3 aromatic carbocycles. The number of carbonyl (C=O) groups excluding carboxylic acids is 1. The smallest absolute Gasteiger partial charge is 0.417 e. The number of hydrogen-bond donors (Lipinski definition) is 1. The molecule has 0 fully saturated rings. The van der Waals surface area contributed by atoms with Gasteiger partial charge >= 0.3 is 6.18 Å². The molecule has 4 nitrogen and oxygen atoms in total. The van der Waals surface area contributed by atoms with Crippen molar-refractivity contribution in [3.63, 3.8) is 0 Å². The lowest BCUT2D eigenvalue weighted by molar-refractivity contribution is -0.137. The van der Waals surface area contributed by atoms with Crippen LogP contribution in [0.1, 0.15) is 21.5 Å². The largest absolute Gasteiger partial charge is 0.488 e. The lowest BCUT2D eigenvalue weighted by atomic mass is 10.1. The number of hydrogen-bond acceptors (Lipinski definition) is 3. The highest BCUT2D eigenvalue weighted by Crippen LogP contribution is 2.34. The zero-order valence-corrected chi connectivity index (χ0v) is 15.8. The van der Waals surface area contributed by atoms with E-state index in [1.807, 2.05) is 36.4 Å². The number of carbonyl (C=O) groups is 1. The van der Waals surface area contributed by atoms with Gasteiger partial charge in [0.15, 0.2) is 0 Å². The Balaban J connectivity index is 1.38. The highest BCUT2D eigenvalue weighted by molar-refractivity contribution is 5.95. The van der Waals surface area contributed by atoms with Crippen LogP contribution in [0.3, 0.4) is 0 Å². The number of alkyl halides is 3. The predicted octanol–water partition coefficient (Wildman–Crippen LogP) is 5.23. The average Bonchev–Trinajstić information content (AvgIpc) is 3.14. The molecule has 1 heterocycles. The molecule has 0 saturated carbocycles. The molecule has 1 N–H and O–H groups in total. The summed E-state index contributed by atoms with van der Waals surface area (Å²) in [5.41, 5.74) is -0.446. The van der Waals surface area contributed by atoms with Crippen LogP contribution in [0.15, 0.2) is 72.8 Å². The Labute approximate surface area is 171 Å². The molecule has 3 aromatic rings. The standard InChI is InChI=1S/C23H18F3NO3/c24-23(25,26)20-9-5-4-8-19(20)22(28)27-14-18-13-15-12-17(10-11-21(15)30-18)29-16-6-2-1-3-7-16/h1-12,18H,13-14H2,(H,27,28)/t18-/m1/s1. The summed E-state index contributed by atoms with van der Waals surface area (Å²) in [6.07, 6.45) is -4.44. The molecule has 0 bridgehead atoms. The minimum Gasteiger partial charge on any atom is -0.488 e. The van der Waals surface area contributed by atoms with E-state index in [-0.39, 0.29) is 12.6 Å². The van der Waals surface area contributed by atoms with Crippen molar-refractivity contribution in [3.05, 3.63) is 89.5 Å². The first-order valence-corrected chi connectivity index (χ1v) is 9.37. The van der Waals surface area contributed by atoms with Crippen molar-refractivity contribution in [2.45, 2.75) is 18.7 Å². The van der Waals surface area contributed by atoms with Gasteiger partial charge in [-0.15, -0.1) is 0 Å². The highest BCUT2D eigenvalue weighted by Gasteiger charge is 2.35. The molecule has 0 unspecified atom stereocenters. The number of fused-ring (bicyclic) bond motifs is 1. The summed E-state index contributed by atoms with van der Waals surface area (Å²) in [7, 11) is 0. The number of ether oxygens (including phenoxy) is 2. The minimum absolute atomic E-state index is 0.0918. The Hall–Kier alpha value is -3.48. The Morgan fingerprint density at radius 1 is 1.00 bits per heavy atom. The fraction of sp³-hybridized carbons (Fsp3) is 0.174. The number of rotatable bonds is 5. The Morgan fingerprint density at radius 2 is 1.73 bits per heavy atom. The number of benzene rings is 3. The molecule has 7 heteroatoms. The van der Waals surface area contributed by atoms with E-state index >= 15 is 0 Å². The van der Waals surface area contributed by atoms with Gasteiger partial charge in [0.2, 0.25) is 0 Å². The Morgan fingerprint density at radius 3 is 2.50 bits per heavy atom. The molecule has 30 heavy (non-hydrogen) atoms. The summed E-state index contributed by atoms with van der Waals surface area (Å²) in [6.45, 7) is 0.0918. The van der Waals surface area contributed by atoms with Crippen molar-refractivity contribution < 1.29 is 27.4 Å². The SMILES string of the molecule is O=C(NC[C@H]1Cc2cc(Oc3ccccc3)ccc2O1)c1ccccc1C(F)(F)F. The summed E-state index contributed by atoms with van der Waals surface area (Å²) in [4.78, 5) is 12.3. The molecule has 1 aliphatic heterocycles. The lowest BCUT2D eigenvalue weighted by Crippen LogP contribution is -2.35. The Bertz CT molecular complexity index is 1050. The second-order valence-electron chi connectivity index (χ2n) is 6.88. The maximum Gasteiger partial charge on any atom is 0.417 e. The van der Waals surface area contributed by atoms with E-state index in [0.717, 1.165) is 17.7 Å². The van der Waals surface area contributed by atoms with Crippen LogP contribution in [-0.2, 0) is 12.6 Å². The first-order valence-electron chi connectivity index (χ1n) is 9.37. The van der Waals surface area contributed by atoms with Crippen molar-refractivity contribution in [2.75, 3.05) is 6.54 Å². The van der Waals surface area contributed by atoms with Crippen LogP contribution >= 0.6 is 0 Å². The van der Waals surface area contributed by atoms with Crippen molar-refractivity contribution in [1.82, 2.24) is 5.32 Å². The van der Waals surface area contributed by atoms with Crippen LogP contribution in [0.2, 0.25) is 0 Å². The fourth-order valence-corrected chi connectivity index (χ4v) is 3.33. The number of nitrogens with one attached hydrogen (secondary N) is 1. The third-order valence-electron chi connectivity index (χ3n) is 4.72. The molecule has 4 rings (SSSR count). The minimum atomic E-state index is -4.59. The van der Waals surface area contributed by atoms with Gasteiger partial charge < -0.3 is 14.8 Å². The zero-order valence-electron chi connectivity index (χ0n) is 15.8. The van der Waals surface area contributed by atoms with E-state index in [1.165, 1.54) is 12.1 Å². The topological polar surface area (TPSA) is 47.6 Å². The van der Waals surface area contributed by atoms with Crippen molar-refractivity contribution >= 4 is 5.91 Å². The van der Waals surface area contributed by atoms with Gasteiger partial charge in [0.1, 0.15) is 23.4 Å². The van der Waals surface area contributed by atoms with Crippen molar-refractivity contribution in [3.8, 4) is 17.2 Å². The van der Waals surface area contributed by atoms with Crippen molar-refractivity contribution in [2.24, 2.45) is 0 Å². The summed E-state index contributed by atoms with van der Waals surface area (Å²) in [6, 6.07) is 19.5. The normalized spacial score (nSPS) is 15.2. The molecule has 0 radical (unpaired) electrons. The van der Waals surface area contributed by atoms with Gasteiger partial charge in [-0.2, -0.15) is 13.2 Å². The number of amides is 1. The summed E-state index contributed by atoms with van der Waals surface area (Å²) < 4.78 is 50.9. The van der Waals surface area contributed by atoms with Gasteiger partial charge in [0.05, 0.1) is 17.7 Å². The van der Waals surface area contributed by atoms with Gasteiger partial charge in [-0.05, 0) is 42.5 Å². The van der Waals surface area contributed by atoms with Gasteiger partial charge in [-0.1, -0.05) is 30.3 Å². The van der Waals surface area contributed by atoms with Gasteiger partial charge in [0.25, 0.3) is 5.91 Å². The monoisotopic (exact) mass is 413 g/mol. The fourth-order valence-electron chi connectivity index (χ4n) is 3.33. The first kappa shape index (κ1) is 19.8. The Kier molecular flexibility index (Phi) is 5.35. The molecule has 0 spiro atoms. The van der Waals surface area contributed by atoms with E-state index in [0.29, 0.717) is 23.7 Å². The molecule has 154 valence electrons. The van der Waals surface area contributed by atoms with Crippen LogP contribution in [0.4, 0.5) is 13.2 Å². The molecule has 1 amide bonds. The molecular formula is C23H18F3NO3. The van der Waals surface area contributed by atoms with Gasteiger partial charge in [-0.25, -0.2) is 0 Å². The van der Waals surface area contributed by atoms with Crippen LogP contribution in [0, 0.1) is 0 Å². The second-order valence-corrected chi connectivity index (χ2v) is 6.88. The predicted molar refractivity (Wildman–Crippen MR) is 105 cm³/mol. The zero-order chi connectivity index (χ0) is 21.1. The molecule has 1 atom stereocenters. The van der Waals surface area contributed by atoms with Crippen LogP contribution in [0.5, 0.6) is 17.2 Å². The molecule has 0 saturated heterocycles. The molecule has 0 aliphatic carbocycles. The van der Waals surface area contributed by atoms with E-state index in [9.17, 15) is 18.0 Å². The van der Waals surface area contributed by atoms with E-state index in [1.54, 1.807) is 12.1 Å².